The molecule has 3 saturated heterocycles. The maximum absolute atomic E-state index is 14.4. The van der Waals surface area contributed by atoms with E-state index in [1.54, 1.807) is 0 Å². The van der Waals surface area contributed by atoms with Crippen LogP contribution < -0.4 is 5.32 Å². The number of aliphatic hydroxyl groups excluding tert-OH is 1. The number of aromatic nitrogens is 4. The van der Waals surface area contributed by atoms with Gasteiger partial charge in [-0.15, -0.1) is 0 Å². The van der Waals surface area contributed by atoms with Crippen LogP contribution in [0.3, 0.4) is 0 Å². The number of nitrogens with zero attached hydrogens (tertiary/aromatic N) is 5. The highest BCUT2D eigenvalue weighted by Gasteiger charge is 2.40. The maximum Gasteiger partial charge on any atom is 0.407 e. The van der Waals surface area contributed by atoms with Gasteiger partial charge in [0.25, 0.3) is 0 Å². The van der Waals surface area contributed by atoms with Crippen molar-refractivity contribution in [3.05, 3.63) is 108 Å². The van der Waals surface area contributed by atoms with E-state index in [2.05, 4.69) is 68.7 Å². The normalized spacial score (nSPS) is 22.0. The Bertz CT molecular complexity index is 2320. The third-order valence-electron chi connectivity index (χ3n) is 13.1. The number of ether oxygens (including phenoxy) is 2. The molecule has 14 nitrogen and oxygen atoms in total. The van der Waals surface area contributed by atoms with Gasteiger partial charge in [-0.3, -0.25) is 14.5 Å². The van der Waals surface area contributed by atoms with E-state index >= 15 is 0 Å². The highest BCUT2D eigenvalue weighted by atomic mass is 16.5. The van der Waals surface area contributed by atoms with Gasteiger partial charge in [0, 0.05) is 38.3 Å². The van der Waals surface area contributed by atoms with Gasteiger partial charge < -0.3 is 39.7 Å². The van der Waals surface area contributed by atoms with Crippen molar-refractivity contribution in [1.29, 1.82) is 0 Å². The van der Waals surface area contributed by atoms with Crippen LogP contribution in [0.25, 0.3) is 33.6 Å². The summed E-state index contributed by atoms with van der Waals surface area (Å²) in [6.45, 7) is 3.54. The molecule has 0 aliphatic carbocycles. The minimum atomic E-state index is -0.669. The van der Waals surface area contributed by atoms with Crippen molar-refractivity contribution >= 4 is 17.9 Å². The first kappa shape index (κ1) is 41.5. The number of rotatable bonds is 8. The number of benzene rings is 3. The van der Waals surface area contributed by atoms with Crippen LogP contribution in [0.2, 0.25) is 0 Å². The summed E-state index contributed by atoms with van der Waals surface area (Å²) in [4.78, 5) is 63.4. The fraction of sp³-hybridized carbons (Fsp3) is 0.438. The van der Waals surface area contributed by atoms with Gasteiger partial charge in [0.2, 0.25) is 11.8 Å². The van der Waals surface area contributed by atoms with E-state index in [0.29, 0.717) is 58.7 Å². The van der Waals surface area contributed by atoms with Gasteiger partial charge in [-0.2, -0.15) is 0 Å². The lowest BCUT2D eigenvalue weighted by atomic mass is 9.99. The molecule has 4 atom stereocenters. The predicted molar refractivity (Wildman–Crippen MR) is 233 cm³/mol. The fourth-order valence-corrected chi connectivity index (χ4v) is 9.71. The van der Waals surface area contributed by atoms with Crippen molar-refractivity contribution in [2.75, 3.05) is 39.9 Å². The average molecular weight is 841 g/mol. The van der Waals surface area contributed by atoms with E-state index in [9.17, 15) is 19.5 Å². The number of likely N-dealkylation sites (tertiary alicyclic amines) is 2. The first-order chi connectivity index (χ1) is 30.3. The molecule has 3 amide bonds. The molecule has 3 fully saturated rings. The van der Waals surface area contributed by atoms with E-state index in [1.807, 2.05) is 46.3 Å². The SMILES string of the molecule is COC(=O)N[C@H]1CCCCOCc2[nH]c(nc2-c2ccc(-c3ccc(-c4cnc([C@@H]5CCCN5C(=O)[C@@H](c5ccccc5)N5CCC(O)CC5)[nH]4)cc3)cc2)[C@@H]2CCCN2C1=O. The molecule has 14 heteroatoms. The monoisotopic (exact) mass is 840 g/mol. The molecule has 62 heavy (non-hydrogen) atoms. The molecule has 0 radical (unpaired) electrons. The summed E-state index contributed by atoms with van der Waals surface area (Å²) in [6, 6.07) is 25.4. The van der Waals surface area contributed by atoms with Gasteiger partial charge in [0.15, 0.2) is 0 Å². The second-order valence-electron chi connectivity index (χ2n) is 17.0. The number of nitrogens with one attached hydrogen (secondary N) is 3. The first-order valence-electron chi connectivity index (χ1n) is 22.2. The molecule has 2 aromatic heterocycles. The Balaban J connectivity index is 0.895. The van der Waals surface area contributed by atoms with Crippen molar-refractivity contribution in [1.82, 2.24) is 40.0 Å². The molecule has 9 rings (SSSR count). The molecule has 4 aliphatic rings. The average Bonchev–Trinajstić information content (AvgIpc) is 4.15. The molecule has 0 unspecified atom stereocenters. The number of H-pyrrole nitrogens is 2. The summed E-state index contributed by atoms with van der Waals surface area (Å²) in [5.74, 6) is 1.50. The van der Waals surface area contributed by atoms with Crippen LogP contribution in [0.1, 0.15) is 98.8 Å². The number of fused-ring (bicyclic) bond motifs is 4. The number of carbonyl (C=O) groups excluding carboxylic acids is 3. The molecular formula is C48H56N8O6. The lowest BCUT2D eigenvalue weighted by Gasteiger charge is -2.38. The van der Waals surface area contributed by atoms with Gasteiger partial charge in [-0.25, -0.2) is 14.8 Å². The molecule has 5 aromatic rings. The number of methoxy groups -OCH3 is 1. The minimum Gasteiger partial charge on any atom is -0.453 e. The molecule has 3 aromatic carbocycles. The van der Waals surface area contributed by atoms with Crippen molar-refractivity contribution in [2.24, 2.45) is 0 Å². The fourth-order valence-electron chi connectivity index (χ4n) is 9.71. The van der Waals surface area contributed by atoms with Gasteiger partial charge >= 0.3 is 6.09 Å². The van der Waals surface area contributed by atoms with Crippen molar-refractivity contribution in [3.63, 3.8) is 0 Å². The van der Waals surface area contributed by atoms with E-state index in [0.717, 1.165) is 95.1 Å². The molecule has 2 bridgehead atoms. The molecular weight excluding hydrogens is 785 g/mol. The molecule has 324 valence electrons. The smallest absolute Gasteiger partial charge is 0.407 e. The third kappa shape index (κ3) is 8.77. The van der Waals surface area contributed by atoms with Crippen LogP contribution in [0.4, 0.5) is 4.79 Å². The van der Waals surface area contributed by atoms with E-state index in [4.69, 9.17) is 19.4 Å². The Kier molecular flexibility index (Phi) is 12.5. The molecule has 0 spiro atoms. The molecule has 0 saturated carbocycles. The number of aromatic amines is 2. The standard InChI is InChI=1S/C48H56N8O6/c1-61-48(60)52-37-11-5-6-28-62-30-39-42(53-45(51-39)41-13-8-24-55(41)46(37)58)34-20-16-32(17-21-34)31-14-18-33(19-15-31)38-29-49-44(50-38)40-12-7-25-56(40)47(59)43(35-9-3-2-4-10-35)54-26-22-36(57)23-27-54/h2-4,9-10,14-21,29,36-37,40-41,43,57H,5-8,11-13,22-28,30H2,1H3,(H,49,50)(H,51,53)(H,52,60)/t37-,40-,41-,43+/m0/s1. The quantitative estimate of drug-likeness (QED) is 0.128. The summed E-state index contributed by atoms with van der Waals surface area (Å²) in [5.41, 5.74) is 7.67. The minimum absolute atomic E-state index is 0.0907. The number of alkyl carbamates (subject to hydrolysis) is 1. The highest BCUT2D eigenvalue weighted by molar-refractivity contribution is 5.86. The summed E-state index contributed by atoms with van der Waals surface area (Å²) in [6.07, 6.45) is 7.65. The topological polar surface area (TPSA) is 169 Å². The second kappa shape index (κ2) is 18.6. The zero-order chi connectivity index (χ0) is 42.6. The van der Waals surface area contributed by atoms with Gasteiger partial charge in [0.05, 0.1) is 55.2 Å². The Morgan fingerprint density at radius 1 is 0.790 bits per heavy atom. The van der Waals surface area contributed by atoms with Crippen LogP contribution >= 0.6 is 0 Å². The number of imidazole rings is 2. The van der Waals surface area contributed by atoms with Crippen molar-refractivity contribution in [3.8, 4) is 33.6 Å². The number of amides is 3. The van der Waals surface area contributed by atoms with Crippen molar-refractivity contribution < 1.29 is 29.0 Å². The van der Waals surface area contributed by atoms with Crippen LogP contribution in [-0.2, 0) is 25.7 Å². The molecule has 4 N–H and O–H groups in total. The van der Waals surface area contributed by atoms with Crippen LogP contribution in [0, 0.1) is 0 Å². The Hall–Kier alpha value is -5.83. The first-order valence-corrected chi connectivity index (χ1v) is 22.2. The third-order valence-corrected chi connectivity index (χ3v) is 13.1. The van der Waals surface area contributed by atoms with Crippen LogP contribution in [0.5, 0.6) is 0 Å². The Labute approximate surface area is 362 Å². The van der Waals surface area contributed by atoms with E-state index in [-0.39, 0.29) is 30.0 Å². The lowest BCUT2D eigenvalue weighted by Crippen LogP contribution is -2.48. The molecule has 6 heterocycles. The van der Waals surface area contributed by atoms with E-state index in [1.165, 1.54) is 7.11 Å². The van der Waals surface area contributed by atoms with Crippen LogP contribution in [-0.4, -0.2) is 110 Å². The highest BCUT2D eigenvalue weighted by Crippen LogP contribution is 2.38. The Morgan fingerprint density at radius 2 is 1.48 bits per heavy atom. The zero-order valence-electron chi connectivity index (χ0n) is 35.3. The number of hydrogen-bond donors (Lipinski definition) is 4. The summed E-state index contributed by atoms with van der Waals surface area (Å²) in [7, 11) is 1.31. The summed E-state index contributed by atoms with van der Waals surface area (Å²) >= 11 is 0. The van der Waals surface area contributed by atoms with Gasteiger partial charge in [0.1, 0.15) is 23.7 Å². The van der Waals surface area contributed by atoms with Gasteiger partial charge in [-0.1, -0.05) is 78.9 Å². The molecule has 4 aliphatic heterocycles. The lowest BCUT2D eigenvalue weighted by molar-refractivity contribution is -0.139. The largest absolute Gasteiger partial charge is 0.453 e. The van der Waals surface area contributed by atoms with Crippen molar-refractivity contribution in [2.45, 2.75) is 94.7 Å². The second-order valence-corrected chi connectivity index (χ2v) is 17.0. The predicted octanol–water partition coefficient (Wildman–Crippen LogP) is 7.08. The maximum atomic E-state index is 14.4. The summed E-state index contributed by atoms with van der Waals surface area (Å²) < 4.78 is 10.9. The number of aliphatic hydroxyl groups is 1. The number of carbonyl (C=O) groups is 3. The Morgan fingerprint density at radius 3 is 2.23 bits per heavy atom. The zero-order valence-corrected chi connectivity index (χ0v) is 35.3. The van der Waals surface area contributed by atoms with Gasteiger partial charge in [-0.05, 0) is 80.0 Å². The van der Waals surface area contributed by atoms with Crippen LogP contribution in [0.15, 0.2) is 85.1 Å². The summed E-state index contributed by atoms with van der Waals surface area (Å²) in [5, 5.41) is 12.9. The van der Waals surface area contributed by atoms with E-state index < -0.39 is 18.2 Å². The number of hydrogen-bond acceptors (Lipinski definition) is 9. The number of piperidine rings is 1.